The Hall–Kier alpha value is -2.40. The zero-order chi connectivity index (χ0) is 18.5. The Balaban J connectivity index is 1.57. The molecule has 0 radical (unpaired) electrons. The third-order valence-corrected chi connectivity index (χ3v) is 5.09. The Morgan fingerprint density at radius 3 is 2.69 bits per heavy atom. The van der Waals surface area contributed by atoms with Crippen LogP contribution in [-0.2, 0) is 11.3 Å². The monoisotopic (exact) mass is 353 g/mol. The summed E-state index contributed by atoms with van der Waals surface area (Å²) in [4.78, 5) is 18.7. The fourth-order valence-electron chi connectivity index (χ4n) is 3.58. The molecule has 138 valence electrons. The summed E-state index contributed by atoms with van der Waals surface area (Å²) in [5, 5.41) is 3.53. The van der Waals surface area contributed by atoms with Gasteiger partial charge >= 0.3 is 5.97 Å². The van der Waals surface area contributed by atoms with Gasteiger partial charge in [0.1, 0.15) is 5.82 Å². The molecule has 5 nitrogen and oxygen atoms in total. The molecule has 0 amide bonds. The van der Waals surface area contributed by atoms with E-state index < -0.39 is 0 Å². The Bertz CT molecular complexity index is 748. The van der Waals surface area contributed by atoms with Crippen LogP contribution < -0.4 is 5.32 Å². The van der Waals surface area contributed by atoms with Gasteiger partial charge in [0.05, 0.1) is 18.4 Å². The van der Waals surface area contributed by atoms with Crippen molar-refractivity contribution in [2.24, 2.45) is 0 Å². The molecule has 1 aliphatic heterocycles. The molecule has 0 saturated carbocycles. The van der Waals surface area contributed by atoms with Crippen molar-refractivity contribution in [2.75, 3.05) is 19.0 Å². The average molecular weight is 353 g/mol. The predicted octanol–water partition coefficient (Wildman–Crippen LogP) is 3.64. The van der Waals surface area contributed by atoms with E-state index in [0.29, 0.717) is 23.3 Å². The van der Waals surface area contributed by atoms with Crippen LogP contribution >= 0.6 is 0 Å². The molecule has 1 N–H and O–H groups in total. The first kappa shape index (κ1) is 18.4. The molecule has 0 spiro atoms. The van der Waals surface area contributed by atoms with E-state index in [9.17, 15) is 4.79 Å². The highest BCUT2D eigenvalue weighted by Gasteiger charge is 2.25. The van der Waals surface area contributed by atoms with E-state index in [2.05, 4.69) is 52.5 Å². The number of hydrogen-bond donors (Lipinski definition) is 1. The van der Waals surface area contributed by atoms with Crippen LogP contribution in [0.1, 0.15) is 41.4 Å². The summed E-state index contributed by atoms with van der Waals surface area (Å²) in [7, 11) is 1.39. The number of benzene rings is 1. The van der Waals surface area contributed by atoms with Gasteiger partial charge in [-0.3, -0.25) is 4.90 Å². The lowest BCUT2D eigenvalue weighted by atomic mass is 9.97. The van der Waals surface area contributed by atoms with Crippen molar-refractivity contribution in [3.8, 4) is 0 Å². The number of hydrogen-bond acceptors (Lipinski definition) is 5. The van der Waals surface area contributed by atoms with Crippen molar-refractivity contribution >= 4 is 11.8 Å². The first-order chi connectivity index (χ1) is 12.6. The molecule has 2 atom stereocenters. The quantitative estimate of drug-likeness (QED) is 0.832. The molecule has 0 bridgehead atoms. The minimum absolute atomic E-state index is 0.343. The topological polar surface area (TPSA) is 54.5 Å². The van der Waals surface area contributed by atoms with Crippen molar-refractivity contribution in [3.63, 3.8) is 0 Å². The van der Waals surface area contributed by atoms with Gasteiger partial charge in [0.15, 0.2) is 0 Å². The minimum Gasteiger partial charge on any atom is -0.465 e. The zero-order valence-electron chi connectivity index (χ0n) is 15.7. The van der Waals surface area contributed by atoms with Crippen molar-refractivity contribution in [3.05, 3.63) is 59.3 Å². The van der Waals surface area contributed by atoms with Crippen LogP contribution in [0.15, 0.2) is 42.5 Å². The lowest BCUT2D eigenvalue weighted by Gasteiger charge is -2.38. The molecule has 2 heterocycles. The van der Waals surface area contributed by atoms with Crippen LogP contribution in [0.25, 0.3) is 0 Å². The van der Waals surface area contributed by atoms with Crippen molar-refractivity contribution < 1.29 is 9.53 Å². The Labute approximate surface area is 155 Å². The van der Waals surface area contributed by atoms with Gasteiger partial charge in [0.2, 0.25) is 0 Å². The maximum Gasteiger partial charge on any atom is 0.339 e. The fourth-order valence-corrected chi connectivity index (χ4v) is 3.58. The summed E-state index contributed by atoms with van der Waals surface area (Å²) < 4.78 is 4.78. The van der Waals surface area contributed by atoms with Gasteiger partial charge in [-0.05, 0) is 44.4 Å². The van der Waals surface area contributed by atoms with Gasteiger partial charge in [0.25, 0.3) is 0 Å². The highest BCUT2D eigenvalue weighted by molar-refractivity contribution is 5.90. The van der Waals surface area contributed by atoms with E-state index >= 15 is 0 Å². The zero-order valence-corrected chi connectivity index (χ0v) is 15.7. The van der Waals surface area contributed by atoms with Gasteiger partial charge in [-0.1, -0.05) is 30.3 Å². The Morgan fingerprint density at radius 1 is 1.27 bits per heavy atom. The van der Waals surface area contributed by atoms with E-state index in [0.717, 1.165) is 31.7 Å². The van der Waals surface area contributed by atoms with Gasteiger partial charge in [-0.15, -0.1) is 0 Å². The number of ether oxygens (including phenoxy) is 1. The van der Waals surface area contributed by atoms with E-state index in [1.54, 1.807) is 6.07 Å². The van der Waals surface area contributed by atoms with E-state index in [-0.39, 0.29) is 5.97 Å². The van der Waals surface area contributed by atoms with Crippen LogP contribution in [0.4, 0.5) is 5.82 Å². The Kier molecular flexibility index (Phi) is 5.89. The number of aromatic nitrogens is 1. The van der Waals surface area contributed by atoms with Crippen LogP contribution in [0.3, 0.4) is 0 Å². The molecule has 1 saturated heterocycles. The molecule has 2 unspecified atom stereocenters. The number of nitrogens with one attached hydrogen (secondary N) is 1. The first-order valence-corrected chi connectivity index (χ1v) is 9.17. The fraction of sp³-hybridized carbons (Fsp3) is 0.429. The number of pyridine rings is 1. The third-order valence-electron chi connectivity index (χ3n) is 5.09. The molecule has 0 aliphatic carbocycles. The molecule has 1 aliphatic rings. The molecular weight excluding hydrogens is 326 g/mol. The van der Waals surface area contributed by atoms with Gasteiger partial charge in [-0.2, -0.15) is 0 Å². The number of nitrogens with zero attached hydrogens (tertiary/aromatic N) is 2. The van der Waals surface area contributed by atoms with Gasteiger partial charge in [0, 0.05) is 25.2 Å². The van der Waals surface area contributed by atoms with E-state index in [1.165, 1.54) is 12.7 Å². The number of likely N-dealkylation sites (tertiary alicyclic amines) is 1. The Morgan fingerprint density at radius 2 is 2.04 bits per heavy atom. The highest BCUT2D eigenvalue weighted by Crippen LogP contribution is 2.23. The molecule has 26 heavy (non-hydrogen) atoms. The normalized spacial score (nSPS) is 20.6. The van der Waals surface area contributed by atoms with Crippen LogP contribution in [0.5, 0.6) is 0 Å². The maximum atomic E-state index is 11.7. The molecule has 1 fully saturated rings. The van der Waals surface area contributed by atoms with E-state index in [1.807, 2.05) is 13.0 Å². The molecule has 2 aromatic rings. The van der Waals surface area contributed by atoms with Gasteiger partial charge in [-0.25, -0.2) is 9.78 Å². The standard InChI is InChI=1S/C21H27N3O2/c1-15-13-18(11-12-24(15)14-17-7-5-4-6-8-17)23-20-10-9-19(16(2)22-20)21(25)26-3/h4-10,15,18H,11-14H2,1-3H3,(H,22,23). The number of carbonyl (C=O) groups excluding carboxylic acids is 1. The lowest BCUT2D eigenvalue weighted by Crippen LogP contribution is -2.44. The number of anilines is 1. The summed E-state index contributed by atoms with van der Waals surface area (Å²) in [5.74, 6) is 0.480. The number of rotatable bonds is 5. The SMILES string of the molecule is COC(=O)c1ccc(NC2CCN(Cc3ccccc3)C(C)C2)nc1C. The summed E-state index contributed by atoms with van der Waals surface area (Å²) in [6, 6.07) is 15.2. The summed E-state index contributed by atoms with van der Waals surface area (Å²) >= 11 is 0. The smallest absolute Gasteiger partial charge is 0.339 e. The second kappa shape index (κ2) is 8.32. The van der Waals surface area contributed by atoms with Crippen molar-refractivity contribution in [2.45, 2.75) is 45.3 Å². The lowest BCUT2D eigenvalue weighted by molar-refractivity contribution is 0.0599. The molecular formula is C21H27N3O2. The van der Waals surface area contributed by atoms with Crippen LogP contribution in [0, 0.1) is 6.92 Å². The van der Waals surface area contributed by atoms with Crippen molar-refractivity contribution in [1.82, 2.24) is 9.88 Å². The predicted molar refractivity (Wildman–Crippen MR) is 103 cm³/mol. The van der Waals surface area contributed by atoms with Crippen LogP contribution in [-0.4, -0.2) is 41.6 Å². The van der Waals surface area contributed by atoms with Crippen LogP contribution in [0.2, 0.25) is 0 Å². The molecule has 1 aromatic carbocycles. The second-order valence-corrected chi connectivity index (χ2v) is 6.99. The number of methoxy groups -OCH3 is 1. The highest BCUT2D eigenvalue weighted by atomic mass is 16.5. The van der Waals surface area contributed by atoms with Gasteiger partial charge < -0.3 is 10.1 Å². The average Bonchev–Trinajstić information content (AvgIpc) is 2.64. The minimum atomic E-state index is -0.343. The summed E-state index contributed by atoms with van der Waals surface area (Å²) in [6.07, 6.45) is 2.16. The maximum absolute atomic E-state index is 11.7. The third kappa shape index (κ3) is 4.41. The number of esters is 1. The molecule has 1 aromatic heterocycles. The summed E-state index contributed by atoms with van der Waals surface area (Å²) in [6.45, 7) is 6.19. The number of carbonyl (C=O) groups is 1. The largest absolute Gasteiger partial charge is 0.465 e. The molecule has 5 heteroatoms. The number of piperidine rings is 1. The summed E-state index contributed by atoms with van der Waals surface area (Å²) in [5.41, 5.74) is 2.57. The van der Waals surface area contributed by atoms with E-state index in [4.69, 9.17) is 4.74 Å². The number of aryl methyl sites for hydroxylation is 1. The first-order valence-electron chi connectivity index (χ1n) is 9.17. The van der Waals surface area contributed by atoms with Crippen molar-refractivity contribution in [1.29, 1.82) is 0 Å². The second-order valence-electron chi connectivity index (χ2n) is 6.99. The molecule has 3 rings (SSSR count).